The fourth-order valence-corrected chi connectivity index (χ4v) is 2.39. The summed E-state index contributed by atoms with van der Waals surface area (Å²) in [6.45, 7) is 1.02. The predicted molar refractivity (Wildman–Crippen MR) is 76.0 cm³/mol. The number of rotatable bonds is 3. The number of anilines is 1. The van der Waals surface area contributed by atoms with E-state index in [0.717, 1.165) is 11.3 Å². The number of carboxylic acid groups (broad SMARTS) is 1. The third kappa shape index (κ3) is 2.45. The molecular weight excluding hydrogens is 254 g/mol. The first kappa shape index (κ1) is 12.5. The summed E-state index contributed by atoms with van der Waals surface area (Å²) in [7, 11) is 0. The van der Waals surface area contributed by atoms with Crippen LogP contribution in [0.3, 0.4) is 0 Å². The second-order valence-corrected chi connectivity index (χ2v) is 4.78. The molecule has 4 heteroatoms. The van der Waals surface area contributed by atoms with E-state index in [2.05, 4.69) is 0 Å². The smallest absolute Gasteiger partial charge is 0.346 e. The van der Waals surface area contributed by atoms with Gasteiger partial charge in [-0.1, -0.05) is 42.5 Å². The van der Waals surface area contributed by atoms with Gasteiger partial charge in [0.05, 0.1) is 12.2 Å². The topological polar surface area (TPSA) is 49.8 Å². The van der Waals surface area contributed by atoms with Gasteiger partial charge in [0.2, 0.25) is 6.10 Å². The normalized spacial score (nSPS) is 17.2. The maximum absolute atomic E-state index is 11.2. The maximum Gasteiger partial charge on any atom is 0.346 e. The molecule has 0 amide bonds. The van der Waals surface area contributed by atoms with Crippen molar-refractivity contribution in [1.29, 1.82) is 0 Å². The van der Waals surface area contributed by atoms with Crippen LogP contribution < -0.4 is 9.64 Å². The van der Waals surface area contributed by atoms with Crippen molar-refractivity contribution >= 4 is 11.7 Å². The summed E-state index contributed by atoms with van der Waals surface area (Å²) < 4.78 is 5.52. The van der Waals surface area contributed by atoms with Gasteiger partial charge in [-0.15, -0.1) is 0 Å². The highest BCUT2D eigenvalue weighted by molar-refractivity contribution is 5.76. The van der Waals surface area contributed by atoms with Crippen molar-refractivity contribution in [1.82, 2.24) is 0 Å². The van der Waals surface area contributed by atoms with Crippen molar-refractivity contribution in [3.05, 3.63) is 60.2 Å². The molecule has 0 radical (unpaired) electrons. The number of carbonyl (C=O) groups is 1. The van der Waals surface area contributed by atoms with E-state index >= 15 is 0 Å². The van der Waals surface area contributed by atoms with E-state index in [4.69, 9.17) is 4.74 Å². The number of benzene rings is 2. The van der Waals surface area contributed by atoms with Crippen LogP contribution in [0.2, 0.25) is 0 Å². The van der Waals surface area contributed by atoms with Crippen LogP contribution in [0.1, 0.15) is 5.56 Å². The van der Waals surface area contributed by atoms with Gasteiger partial charge in [0.15, 0.2) is 0 Å². The Labute approximate surface area is 117 Å². The lowest BCUT2D eigenvalue weighted by molar-refractivity contribution is -0.144. The molecule has 1 N–H and O–H groups in total. The van der Waals surface area contributed by atoms with Gasteiger partial charge in [-0.2, -0.15) is 0 Å². The highest BCUT2D eigenvalue weighted by Crippen LogP contribution is 2.34. The zero-order valence-corrected chi connectivity index (χ0v) is 10.9. The van der Waals surface area contributed by atoms with E-state index in [9.17, 15) is 9.90 Å². The number of ether oxygens (including phenoxy) is 1. The van der Waals surface area contributed by atoms with Gasteiger partial charge < -0.3 is 14.7 Å². The van der Waals surface area contributed by atoms with Crippen molar-refractivity contribution in [2.24, 2.45) is 0 Å². The van der Waals surface area contributed by atoms with Crippen molar-refractivity contribution in [2.75, 3.05) is 11.4 Å². The van der Waals surface area contributed by atoms with Crippen molar-refractivity contribution in [2.45, 2.75) is 12.6 Å². The Morgan fingerprint density at radius 1 is 1.15 bits per heavy atom. The summed E-state index contributed by atoms with van der Waals surface area (Å²) in [5.41, 5.74) is 2.09. The van der Waals surface area contributed by atoms with Crippen LogP contribution >= 0.6 is 0 Å². The molecule has 0 aliphatic carbocycles. The van der Waals surface area contributed by atoms with Crippen LogP contribution in [0.4, 0.5) is 5.69 Å². The lowest BCUT2D eigenvalue weighted by Gasteiger charge is -2.34. The number of aliphatic carboxylic acids is 1. The minimum atomic E-state index is -0.933. The van der Waals surface area contributed by atoms with E-state index in [1.54, 1.807) is 0 Å². The molecule has 1 atom stereocenters. The Hall–Kier alpha value is -2.49. The Bertz CT molecular complexity index is 612. The number of para-hydroxylation sites is 2. The molecule has 2 aromatic carbocycles. The SMILES string of the molecule is O=C(O)[C@@H]1CN(Cc2ccccc2)c2ccccc2O1. The van der Waals surface area contributed by atoms with Crippen LogP contribution in [0.25, 0.3) is 0 Å². The second-order valence-electron chi connectivity index (χ2n) is 4.78. The third-order valence-corrected chi connectivity index (χ3v) is 3.35. The molecule has 0 bridgehead atoms. The molecule has 1 heterocycles. The number of hydrogen-bond donors (Lipinski definition) is 1. The highest BCUT2D eigenvalue weighted by Gasteiger charge is 2.30. The lowest BCUT2D eigenvalue weighted by atomic mass is 10.1. The molecule has 0 saturated heterocycles. The number of hydrogen-bond acceptors (Lipinski definition) is 3. The molecule has 0 saturated carbocycles. The summed E-state index contributed by atoms with van der Waals surface area (Å²) in [4.78, 5) is 13.3. The van der Waals surface area contributed by atoms with Gasteiger partial charge in [0.25, 0.3) is 0 Å². The van der Waals surface area contributed by atoms with Crippen molar-refractivity contribution in [3.8, 4) is 5.75 Å². The zero-order chi connectivity index (χ0) is 13.9. The van der Waals surface area contributed by atoms with Crippen LogP contribution in [0.5, 0.6) is 5.75 Å². The standard InChI is InChI=1S/C16H15NO3/c18-16(19)15-11-17(10-12-6-2-1-3-7-12)13-8-4-5-9-14(13)20-15/h1-9,15H,10-11H2,(H,18,19)/t15-/m0/s1. The Balaban J connectivity index is 1.91. The van der Waals surface area contributed by atoms with Crippen molar-refractivity contribution in [3.63, 3.8) is 0 Å². The molecule has 3 rings (SSSR count). The molecule has 2 aromatic rings. The largest absolute Gasteiger partial charge is 0.478 e. The summed E-state index contributed by atoms with van der Waals surface area (Å²) in [6.07, 6.45) is -0.825. The first-order chi connectivity index (χ1) is 9.74. The van der Waals surface area contributed by atoms with Crippen LogP contribution in [0.15, 0.2) is 54.6 Å². The van der Waals surface area contributed by atoms with Gasteiger partial charge in [0.1, 0.15) is 5.75 Å². The third-order valence-electron chi connectivity index (χ3n) is 3.35. The van der Waals surface area contributed by atoms with Gasteiger partial charge in [-0.3, -0.25) is 0 Å². The van der Waals surface area contributed by atoms with E-state index in [1.165, 1.54) is 0 Å². The van der Waals surface area contributed by atoms with Crippen LogP contribution in [-0.2, 0) is 11.3 Å². The van der Waals surface area contributed by atoms with E-state index in [0.29, 0.717) is 18.8 Å². The number of fused-ring (bicyclic) bond motifs is 1. The molecule has 0 spiro atoms. The van der Waals surface area contributed by atoms with Gasteiger partial charge in [-0.05, 0) is 17.7 Å². The first-order valence-electron chi connectivity index (χ1n) is 6.51. The quantitative estimate of drug-likeness (QED) is 0.930. The van der Waals surface area contributed by atoms with E-state index in [-0.39, 0.29) is 0 Å². The van der Waals surface area contributed by atoms with Gasteiger partial charge in [-0.25, -0.2) is 4.79 Å². The highest BCUT2D eigenvalue weighted by atomic mass is 16.5. The van der Waals surface area contributed by atoms with Crippen molar-refractivity contribution < 1.29 is 14.6 Å². The Kier molecular flexibility index (Phi) is 3.29. The molecule has 0 aromatic heterocycles. The summed E-state index contributed by atoms with van der Waals surface area (Å²) in [6, 6.07) is 17.6. The van der Waals surface area contributed by atoms with Crippen LogP contribution in [-0.4, -0.2) is 23.7 Å². The summed E-state index contributed by atoms with van der Waals surface area (Å²) >= 11 is 0. The number of carboxylic acids is 1. The van der Waals surface area contributed by atoms with Crippen LogP contribution in [0, 0.1) is 0 Å². The lowest BCUT2D eigenvalue weighted by Crippen LogP contribution is -2.44. The summed E-state index contributed by atoms with van der Waals surface area (Å²) in [5.74, 6) is -0.306. The molecule has 1 aliphatic heterocycles. The zero-order valence-electron chi connectivity index (χ0n) is 10.9. The maximum atomic E-state index is 11.2. The Morgan fingerprint density at radius 3 is 2.60 bits per heavy atom. The number of nitrogens with zero attached hydrogens (tertiary/aromatic N) is 1. The molecule has 20 heavy (non-hydrogen) atoms. The molecular formula is C16H15NO3. The molecule has 1 aliphatic rings. The second kappa shape index (κ2) is 5.25. The predicted octanol–water partition coefficient (Wildman–Crippen LogP) is 2.54. The average molecular weight is 269 g/mol. The fraction of sp³-hybridized carbons (Fsp3) is 0.188. The van der Waals surface area contributed by atoms with E-state index < -0.39 is 12.1 Å². The van der Waals surface area contributed by atoms with Gasteiger partial charge >= 0.3 is 5.97 Å². The Morgan fingerprint density at radius 2 is 1.85 bits per heavy atom. The summed E-state index contributed by atoms with van der Waals surface area (Å²) in [5, 5.41) is 9.20. The molecule has 102 valence electrons. The minimum Gasteiger partial charge on any atom is -0.478 e. The van der Waals surface area contributed by atoms with E-state index in [1.807, 2.05) is 59.5 Å². The molecule has 0 fully saturated rings. The molecule has 4 nitrogen and oxygen atoms in total. The first-order valence-corrected chi connectivity index (χ1v) is 6.51. The minimum absolute atomic E-state index is 0.348. The average Bonchev–Trinajstić information content (AvgIpc) is 2.48. The van der Waals surface area contributed by atoms with Gasteiger partial charge in [0, 0.05) is 6.54 Å². The fourth-order valence-electron chi connectivity index (χ4n) is 2.39. The molecule has 0 unspecified atom stereocenters. The monoisotopic (exact) mass is 269 g/mol.